The van der Waals surface area contributed by atoms with Crippen LogP contribution in [-0.2, 0) is 4.74 Å². The van der Waals surface area contributed by atoms with Crippen molar-refractivity contribution in [1.82, 2.24) is 10.2 Å². The molecule has 1 fully saturated rings. The Hall–Kier alpha value is -0.770. The summed E-state index contributed by atoms with van der Waals surface area (Å²) in [5.74, 6) is 0.775. The van der Waals surface area contributed by atoms with E-state index in [1.54, 1.807) is 0 Å². The van der Waals surface area contributed by atoms with Crippen molar-refractivity contribution in [3.63, 3.8) is 0 Å². The first-order valence-electron chi connectivity index (χ1n) is 9.49. The molecule has 0 aromatic carbocycles. The van der Waals surface area contributed by atoms with Crippen molar-refractivity contribution in [2.45, 2.75) is 97.8 Å². The molecule has 0 aromatic rings. The summed E-state index contributed by atoms with van der Waals surface area (Å²) < 4.78 is 5.50. The van der Waals surface area contributed by atoms with E-state index in [2.05, 4.69) is 26.1 Å². The fourth-order valence-electron chi connectivity index (χ4n) is 3.11. The van der Waals surface area contributed by atoms with Crippen molar-refractivity contribution >= 4 is 6.09 Å². The molecule has 1 aliphatic heterocycles. The Kier molecular flexibility index (Phi) is 8.38. The molecule has 0 saturated carbocycles. The van der Waals surface area contributed by atoms with E-state index in [9.17, 15) is 4.79 Å². The lowest BCUT2D eigenvalue weighted by molar-refractivity contribution is 0.0256. The second-order valence-electron chi connectivity index (χ2n) is 8.12. The van der Waals surface area contributed by atoms with Gasteiger partial charge < -0.3 is 15.0 Å². The van der Waals surface area contributed by atoms with Gasteiger partial charge in [-0.1, -0.05) is 27.2 Å². The Balaban J connectivity index is 2.46. The monoisotopic (exact) mass is 326 g/mol. The number of likely N-dealkylation sites (tertiary alicyclic amines) is 1. The molecule has 0 radical (unpaired) electrons. The van der Waals surface area contributed by atoms with Gasteiger partial charge in [0.25, 0.3) is 0 Å². The van der Waals surface area contributed by atoms with E-state index in [0.717, 1.165) is 38.3 Å². The second-order valence-corrected chi connectivity index (χ2v) is 8.12. The van der Waals surface area contributed by atoms with E-state index < -0.39 is 5.60 Å². The molecule has 0 aromatic heterocycles. The van der Waals surface area contributed by atoms with Gasteiger partial charge in [-0.05, 0) is 58.8 Å². The highest BCUT2D eigenvalue weighted by atomic mass is 16.6. The third kappa shape index (κ3) is 8.05. The maximum absolute atomic E-state index is 12.2. The minimum atomic E-state index is -0.412. The van der Waals surface area contributed by atoms with Crippen molar-refractivity contribution in [3.05, 3.63) is 0 Å². The molecule has 23 heavy (non-hydrogen) atoms. The van der Waals surface area contributed by atoms with Gasteiger partial charge in [0.1, 0.15) is 5.60 Å². The van der Waals surface area contributed by atoms with Crippen molar-refractivity contribution < 1.29 is 9.53 Å². The number of rotatable bonds is 6. The molecule has 4 heteroatoms. The predicted octanol–water partition coefficient (Wildman–Crippen LogP) is 4.58. The normalized spacial score (nSPS) is 22.3. The highest BCUT2D eigenvalue weighted by Crippen LogP contribution is 2.18. The lowest BCUT2D eigenvalue weighted by Crippen LogP contribution is -2.40. The zero-order valence-electron chi connectivity index (χ0n) is 16.2. The Morgan fingerprint density at radius 3 is 2.48 bits per heavy atom. The van der Waals surface area contributed by atoms with Crippen LogP contribution in [0.2, 0.25) is 0 Å². The van der Waals surface area contributed by atoms with E-state index in [1.165, 1.54) is 19.3 Å². The molecular formula is C19H38N2O2. The van der Waals surface area contributed by atoms with Gasteiger partial charge in [-0.3, -0.25) is 0 Å². The van der Waals surface area contributed by atoms with Crippen LogP contribution in [0.3, 0.4) is 0 Å². The zero-order valence-corrected chi connectivity index (χ0v) is 16.2. The summed E-state index contributed by atoms with van der Waals surface area (Å²) in [4.78, 5) is 14.1. The maximum atomic E-state index is 12.2. The van der Waals surface area contributed by atoms with Crippen LogP contribution in [0.15, 0.2) is 0 Å². The highest BCUT2D eigenvalue weighted by Gasteiger charge is 2.26. The van der Waals surface area contributed by atoms with Gasteiger partial charge in [-0.15, -0.1) is 0 Å². The molecule has 3 atom stereocenters. The first-order valence-corrected chi connectivity index (χ1v) is 9.49. The summed E-state index contributed by atoms with van der Waals surface area (Å²) in [5.41, 5.74) is -0.412. The van der Waals surface area contributed by atoms with Crippen LogP contribution in [0.1, 0.15) is 80.1 Å². The lowest BCUT2D eigenvalue weighted by atomic mass is 9.96. The van der Waals surface area contributed by atoms with Crippen LogP contribution in [0.25, 0.3) is 0 Å². The van der Waals surface area contributed by atoms with Crippen LogP contribution < -0.4 is 5.32 Å². The first-order chi connectivity index (χ1) is 10.7. The van der Waals surface area contributed by atoms with Crippen LogP contribution >= 0.6 is 0 Å². The van der Waals surface area contributed by atoms with Gasteiger partial charge in [0.15, 0.2) is 0 Å². The second kappa shape index (κ2) is 9.51. The number of carbonyl (C=O) groups excluding carboxylic acids is 1. The van der Waals surface area contributed by atoms with Gasteiger partial charge in [-0.25, -0.2) is 4.79 Å². The fraction of sp³-hybridized carbons (Fsp3) is 0.947. The number of nitrogens with one attached hydrogen (secondary N) is 1. The molecular weight excluding hydrogens is 288 g/mol. The summed E-state index contributed by atoms with van der Waals surface area (Å²) in [6.45, 7) is 14.3. The van der Waals surface area contributed by atoms with Gasteiger partial charge in [-0.2, -0.15) is 0 Å². The summed E-state index contributed by atoms with van der Waals surface area (Å²) in [6.07, 6.45) is 6.73. The molecule has 1 amide bonds. The van der Waals surface area contributed by atoms with Crippen LogP contribution in [-0.4, -0.2) is 41.8 Å². The van der Waals surface area contributed by atoms with E-state index in [-0.39, 0.29) is 6.09 Å². The van der Waals surface area contributed by atoms with Gasteiger partial charge in [0, 0.05) is 25.2 Å². The standard InChI is InChI=1S/C19H38N2O2/c1-7-15(3)14-16(8-2)20-17-10-9-12-21(13-11-17)18(22)23-19(4,5)6/h15-17,20H,7-14H2,1-6H3. The molecule has 1 saturated heterocycles. The Morgan fingerprint density at radius 2 is 1.91 bits per heavy atom. The largest absolute Gasteiger partial charge is 0.444 e. The molecule has 1 aliphatic rings. The maximum Gasteiger partial charge on any atom is 0.410 e. The molecule has 1 rings (SSSR count). The van der Waals surface area contributed by atoms with Crippen LogP contribution in [0.4, 0.5) is 4.79 Å². The van der Waals surface area contributed by atoms with Crippen molar-refractivity contribution in [1.29, 1.82) is 0 Å². The van der Waals surface area contributed by atoms with Gasteiger partial charge in [0.05, 0.1) is 0 Å². The molecule has 0 spiro atoms. The number of amides is 1. The molecule has 1 N–H and O–H groups in total. The zero-order chi connectivity index (χ0) is 17.5. The van der Waals surface area contributed by atoms with E-state index >= 15 is 0 Å². The molecule has 1 heterocycles. The van der Waals surface area contributed by atoms with E-state index in [0.29, 0.717) is 12.1 Å². The Bertz CT molecular complexity index is 352. The molecule has 4 nitrogen and oxygen atoms in total. The van der Waals surface area contributed by atoms with Crippen molar-refractivity contribution in [2.75, 3.05) is 13.1 Å². The minimum Gasteiger partial charge on any atom is -0.444 e. The van der Waals surface area contributed by atoms with Crippen LogP contribution in [0.5, 0.6) is 0 Å². The number of ether oxygens (including phenoxy) is 1. The number of hydrogen-bond acceptors (Lipinski definition) is 3. The molecule has 136 valence electrons. The van der Waals surface area contributed by atoms with Gasteiger partial charge >= 0.3 is 6.09 Å². The summed E-state index contributed by atoms with van der Waals surface area (Å²) in [7, 11) is 0. The molecule has 0 bridgehead atoms. The minimum absolute atomic E-state index is 0.162. The summed E-state index contributed by atoms with van der Waals surface area (Å²) >= 11 is 0. The number of carbonyl (C=O) groups is 1. The molecule has 3 unspecified atom stereocenters. The first kappa shape index (κ1) is 20.3. The third-order valence-electron chi connectivity index (χ3n) is 4.73. The average Bonchev–Trinajstić information content (AvgIpc) is 2.70. The Labute approximate surface area is 143 Å². The topological polar surface area (TPSA) is 41.6 Å². The summed E-state index contributed by atoms with van der Waals surface area (Å²) in [6, 6.07) is 1.12. The smallest absolute Gasteiger partial charge is 0.410 e. The predicted molar refractivity (Wildman–Crippen MR) is 96.7 cm³/mol. The quantitative estimate of drug-likeness (QED) is 0.777. The Morgan fingerprint density at radius 1 is 1.22 bits per heavy atom. The number of nitrogens with zero attached hydrogens (tertiary/aromatic N) is 1. The summed E-state index contributed by atoms with van der Waals surface area (Å²) in [5, 5.41) is 3.84. The third-order valence-corrected chi connectivity index (χ3v) is 4.73. The lowest BCUT2D eigenvalue weighted by Gasteiger charge is -2.27. The van der Waals surface area contributed by atoms with E-state index in [1.807, 2.05) is 25.7 Å². The molecule has 0 aliphatic carbocycles. The van der Waals surface area contributed by atoms with Crippen molar-refractivity contribution in [3.8, 4) is 0 Å². The van der Waals surface area contributed by atoms with Crippen molar-refractivity contribution in [2.24, 2.45) is 5.92 Å². The SMILES string of the molecule is CCC(C)CC(CC)NC1CCCN(C(=O)OC(C)(C)C)CC1. The highest BCUT2D eigenvalue weighted by molar-refractivity contribution is 5.68. The fourth-order valence-corrected chi connectivity index (χ4v) is 3.11. The number of hydrogen-bond donors (Lipinski definition) is 1. The van der Waals surface area contributed by atoms with E-state index in [4.69, 9.17) is 4.74 Å². The van der Waals surface area contributed by atoms with Gasteiger partial charge in [0.2, 0.25) is 0 Å². The van der Waals surface area contributed by atoms with Crippen LogP contribution in [0, 0.1) is 5.92 Å². The average molecular weight is 327 g/mol.